The summed E-state index contributed by atoms with van der Waals surface area (Å²) in [6.07, 6.45) is 0.0357. The van der Waals surface area contributed by atoms with Gasteiger partial charge in [-0.3, -0.25) is 0 Å². The molecule has 4 heteroatoms. The molecule has 2 rings (SSSR count). The fourth-order valence-electron chi connectivity index (χ4n) is 1.47. The summed E-state index contributed by atoms with van der Waals surface area (Å²) in [4.78, 5) is 21.8. The number of carbonyl (C=O) groups excluding carboxylic acids is 1. The van der Waals surface area contributed by atoms with Crippen LogP contribution in [-0.4, -0.2) is 23.1 Å². The number of esters is 1. The van der Waals surface area contributed by atoms with Crippen molar-refractivity contribution in [1.82, 2.24) is 0 Å². The normalized spacial score (nSPS) is 19.6. The van der Waals surface area contributed by atoms with Gasteiger partial charge in [-0.25, -0.2) is 9.59 Å². The van der Waals surface area contributed by atoms with Crippen molar-refractivity contribution in [2.75, 3.05) is 0 Å². The largest absolute Gasteiger partial charge is 0.478 e. The Morgan fingerprint density at radius 1 is 1.27 bits per heavy atom. The van der Waals surface area contributed by atoms with E-state index in [-0.39, 0.29) is 0 Å². The van der Waals surface area contributed by atoms with Gasteiger partial charge >= 0.3 is 11.9 Å². The van der Waals surface area contributed by atoms with Crippen LogP contribution in [0.3, 0.4) is 0 Å². The highest BCUT2D eigenvalue weighted by Gasteiger charge is 2.32. The van der Waals surface area contributed by atoms with E-state index in [0.717, 1.165) is 0 Å². The second-order valence-corrected chi connectivity index (χ2v) is 3.12. The highest BCUT2D eigenvalue weighted by molar-refractivity contribution is 6.04. The van der Waals surface area contributed by atoms with Gasteiger partial charge in [-0.15, -0.1) is 0 Å². The fraction of sp³-hybridized carbons (Fsp3) is 0.0909. The number of carbonyl (C=O) groups is 2. The molecule has 1 aliphatic heterocycles. The molecule has 0 spiro atoms. The Hall–Kier alpha value is -2.10. The number of carboxylic acids is 1. The third-order valence-corrected chi connectivity index (χ3v) is 2.12. The molecule has 1 heterocycles. The third kappa shape index (κ3) is 1.74. The van der Waals surface area contributed by atoms with Crippen molar-refractivity contribution in [1.29, 1.82) is 0 Å². The molecule has 0 radical (unpaired) electrons. The van der Waals surface area contributed by atoms with E-state index in [1.165, 1.54) is 6.08 Å². The SMILES string of the molecule is O=C1C=C(c2ccccc2)C(C(=O)O)O1. The van der Waals surface area contributed by atoms with Crippen LogP contribution in [0.25, 0.3) is 5.57 Å². The van der Waals surface area contributed by atoms with Crippen molar-refractivity contribution in [2.24, 2.45) is 0 Å². The molecule has 0 bridgehead atoms. The lowest BCUT2D eigenvalue weighted by Gasteiger charge is -2.08. The number of cyclic esters (lactones) is 1. The van der Waals surface area contributed by atoms with Crippen molar-refractivity contribution in [3.8, 4) is 0 Å². The van der Waals surface area contributed by atoms with Crippen molar-refractivity contribution < 1.29 is 19.4 Å². The van der Waals surface area contributed by atoms with Gasteiger partial charge in [0.05, 0.1) is 0 Å². The molecule has 1 atom stereocenters. The Kier molecular flexibility index (Phi) is 2.25. The highest BCUT2D eigenvalue weighted by Crippen LogP contribution is 2.26. The number of carboxylic acid groups (broad SMARTS) is 1. The molecule has 76 valence electrons. The number of hydrogen-bond acceptors (Lipinski definition) is 3. The molecule has 1 aromatic carbocycles. The second-order valence-electron chi connectivity index (χ2n) is 3.12. The summed E-state index contributed by atoms with van der Waals surface area (Å²) < 4.78 is 4.66. The molecule has 1 aliphatic rings. The van der Waals surface area contributed by atoms with E-state index < -0.39 is 18.0 Å². The topological polar surface area (TPSA) is 63.6 Å². The molecule has 1 N–H and O–H groups in total. The van der Waals surface area contributed by atoms with Crippen LogP contribution in [0.1, 0.15) is 5.56 Å². The number of benzene rings is 1. The number of hydrogen-bond donors (Lipinski definition) is 1. The molecule has 0 saturated carbocycles. The molecule has 0 amide bonds. The summed E-state index contributed by atoms with van der Waals surface area (Å²) in [5.41, 5.74) is 1.09. The number of aliphatic carboxylic acids is 1. The molecule has 1 unspecified atom stereocenters. The van der Waals surface area contributed by atoms with Crippen LogP contribution in [0.4, 0.5) is 0 Å². The standard InChI is InChI=1S/C11H8O4/c12-9-6-8(10(15-9)11(13)14)7-4-2-1-3-5-7/h1-6,10H,(H,13,14). The van der Waals surface area contributed by atoms with Gasteiger partial charge in [0.15, 0.2) is 0 Å². The Balaban J connectivity index is 2.39. The van der Waals surface area contributed by atoms with Crippen LogP contribution in [0.2, 0.25) is 0 Å². The third-order valence-electron chi connectivity index (χ3n) is 2.12. The van der Waals surface area contributed by atoms with Crippen LogP contribution in [0.5, 0.6) is 0 Å². The van der Waals surface area contributed by atoms with Gasteiger partial charge in [0.1, 0.15) is 0 Å². The predicted octanol–water partition coefficient (Wildman–Crippen LogP) is 1.08. The van der Waals surface area contributed by atoms with E-state index in [4.69, 9.17) is 5.11 Å². The minimum Gasteiger partial charge on any atom is -0.478 e. The molecule has 4 nitrogen and oxygen atoms in total. The van der Waals surface area contributed by atoms with E-state index in [1.807, 2.05) is 6.07 Å². The van der Waals surface area contributed by atoms with Crippen LogP contribution >= 0.6 is 0 Å². The zero-order valence-corrected chi connectivity index (χ0v) is 7.71. The molecule has 15 heavy (non-hydrogen) atoms. The zero-order valence-electron chi connectivity index (χ0n) is 7.71. The summed E-state index contributed by atoms with van der Waals surface area (Å²) in [6.45, 7) is 0. The maximum Gasteiger partial charge on any atom is 0.349 e. The Morgan fingerprint density at radius 3 is 2.53 bits per heavy atom. The van der Waals surface area contributed by atoms with E-state index in [2.05, 4.69) is 4.74 Å². The summed E-state index contributed by atoms with van der Waals surface area (Å²) in [5, 5.41) is 8.84. The number of rotatable bonds is 2. The van der Waals surface area contributed by atoms with Gasteiger partial charge < -0.3 is 9.84 Å². The number of ether oxygens (including phenoxy) is 1. The highest BCUT2D eigenvalue weighted by atomic mass is 16.6. The first-order valence-electron chi connectivity index (χ1n) is 4.39. The first kappa shape index (κ1) is 9.45. The van der Waals surface area contributed by atoms with Gasteiger partial charge in [-0.1, -0.05) is 30.3 Å². The lowest BCUT2D eigenvalue weighted by Crippen LogP contribution is -2.22. The van der Waals surface area contributed by atoms with Crippen molar-refractivity contribution in [3.05, 3.63) is 42.0 Å². The van der Waals surface area contributed by atoms with E-state index in [0.29, 0.717) is 11.1 Å². The van der Waals surface area contributed by atoms with Gasteiger partial charge in [0.2, 0.25) is 6.10 Å². The lowest BCUT2D eigenvalue weighted by molar-refractivity contribution is -0.154. The van der Waals surface area contributed by atoms with Gasteiger partial charge in [0.25, 0.3) is 0 Å². The lowest BCUT2D eigenvalue weighted by atomic mass is 10.0. The molecular formula is C11H8O4. The fourth-order valence-corrected chi connectivity index (χ4v) is 1.47. The predicted molar refractivity (Wildman–Crippen MR) is 51.9 cm³/mol. The maximum absolute atomic E-state index is 11.0. The summed E-state index contributed by atoms with van der Waals surface area (Å²) >= 11 is 0. The van der Waals surface area contributed by atoms with Crippen molar-refractivity contribution in [2.45, 2.75) is 6.10 Å². The molecule has 0 aromatic heterocycles. The van der Waals surface area contributed by atoms with Gasteiger partial charge in [0, 0.05) is 11.6 Å². The molecule has 0 fully saturated rings. The van der Waals surface area contributed by atoms with Crippen LogP contribution < -0.4 is 0 Å². The van der Waals surface area contributed by atoms with Crippen LogP contribution in [0, 0.1) is 0 Å². The van der Waals surface area contributed by atoms with E-state index in [1.54, 1.807) is 24.3 Å². The average molecular weight is 204 g/mol. The summed E-state index contributed by atoms with van der Waals surface area (Å²) in [5.74, 6) is -1.77. The maximum atomic E-state index is 11.0. The Morgan fingerprint density at radius 2 is 1.93 bits per heavy atom. The van der Waals surface area contributed by atoms with Crippen LogP contribution in [0.15, 0.2) is 36.4 Å². The summed E-state index contributed by atoms with van der Waals surface area (Å²) in [7, 11) is 0. The zero-order chi connectivity index (χ0) is 10.8. The van der Waals surface area contributed by atoms with E-state index in [9.17, 15) is 9.59 Å². The Bertz CT molecular complexity index is 433. The summed E-state index contributed by atoms with van der Waals surface area (Å²) in [6, 6.07) is 8.85. The molecule has 0 aliphatic carbocycles. The molecular weight excluding hydrogens is 196 g/mol. The monoisotopic (exact) mass is 204 g/mol. The molecule has 0 saturated heterocycles. The molecule has 1 aromatic rings. The first-order chi connectivity index (χ1) is 7.18. The minimum atomic E-state index is -1.18. The van der Waals surface area contributed by atoms with Gasteiger partial charge in [-0.2, -0.15) is 0 Å². The van der Waals surface area contributed by atoms with Crippen molar-refractivity contribution >= 4 is 17.5 Å². The first-order valence-corrected chi connectivity index (χ1v) is 4.39. The quantitative estimate of drug-likeness (QED) is 0.732. The van der Waals surface area contributed by atoms with Crippen LogP contribution in [-0.2, 0) is 14.3 Å². The minimum absolute atomic E-state index is 0.396. The van der Waals surface area contributed by atoms with Gasteiger partial charge in [-0.05, 0) is 5.56 Å². The second kappa shape index (κ2) is 3.57. The van der Waals surface area contributed by atoms with Crippen molar-refractivity contribution in [3.63, 3.8) is 0 Å². The Labute approximate surface area is 85.8 Å². The average Bonchev–Trinajstić information content (AvgIpc) is 2.62. The smallest absolute Gasteiger partial charge is 0.349 e. The van der Waals surface area contributed by atoms with E-state index >= 15 is 0 Å².